The van der Waals surface area contributed by atoms with Gasteiger partial charge in [-0.05, 0) is 0 Å². The van der Waals surface area contributed by atoms with E-state index < -0.39 is 23.7 Å². The summed E-state index contributed by atoms with van der Waals surface area (Å²) in [5.41, 5.74) is -1.47. The summed E-state index contributed by atoms with van der Waals surface area (Å²) >= 11 is 0. The number of rotatable bonds is 3. The van der Waals surface area contributed by atoms with Gasteiger partial charge >= 0.3 is 5.54 Å². The molecular weight excluding hydrogens is 126 g/mol. The molecule has 0 heterocycles. The Morgan fingerprint density at radius 3 is 1.78 bits per heavy atom. The van der Waals surface area contributed by atoms with Crippen molar-refractivity contribution < 1.29 is 20.3 Å². The van der Waals surface area contributed by atoms with Crippen molar-refractivity contribution in [2.45, 2.75) is 12.5 Å². The zero-order valence-corrected chi connectivity index (χ0v) is 5.11. The van der Waals surface area contributed by atoms with Crippen molar-refractivity contribution in [3.63, 3.8) is 0 Å². The number of nitrogens with zero attached hydrogens (tertiary/aromatic N) is 1. The second kappa shape index (κ2) is 2.75. The molecular formula is C4H10NO4+. The molecule has 0 aromatic carbocycles. The second-order valence-electron chi connectivity index (χ2n) is 2.09. The molecule has 0 aliphatic rings. The smallest absolute Gasteiger partial charge is 0.308 e. The third kappa shape index (κ3) is 1.62. The molecule has 0 fully saturated rings. The first-order valence-electron chi connectivity index (χ1n) is 2.45. The highest BCUT2D eigenvalue weighted by atomic mass is 16.6. The van der Waals surface area contributed by atoms with Gasteiger partial charge in [0.05, 0.1) is 4.91 Å². The van der Waals surface area contributed by atoms with Gasteiger partial charge in [0.25, 0.3) is 0 Å². The first-order chi connectivity index (χ1) is 4.06. The molecule has 5 heteroatoms. The summed E-state index contributed by atoms with van der Waals surface area (Å²) in [7, 11) is 0. The van der Waals surface area contributed by atoms with Gasteiger partial charge in [-0.25, -0.2) is 5.21 Å². The Bertz CT molecular complexity index is 109. The van der Waals surface area contributed by atoms with Crippen molar-refractivity contribution >= 4 is 0 Å². The Labute approximate surface area is 52.1 Å². The van der Waals surface area contributed by atoms with Crippen LogP contribution in [0.15, 0.2) is 0 Å². The summed E-state index contributed by atoms with van der Waals surface area (Å²) in [6.07, 6.45) is 0. The highest BCUT2D eigenvalue weighted by Gasteiger charge is 2.40. The molecule has 0 rings (SSSR count). The molecule has 0 spiro atoms. The predicted molar refractivity (Wildman–Crippen MR) is 28.0 cm³/mol. The van der Waals surface area contributed by atoms with Crippen LogP contribution in [0.2, 0.25) is 0 Å². The fourth-order valence-corrected chi connectivity index (χ4v) is 0.171. The van der Waals surface area contributed by atoms with Gasteiger partial charge in [0, 0.05) is 6.92 Å². The topological polar surface area (TPSA) is 80.8 Å². The second-order valence-corrected chi connectivity index (χ2v) is 2.09. The van der Waals surface area contributed by atoms with E-state index in [1.807, 2.05) is 0 Å². The number of hydrogen-bond donors (Lipinski definition) is 3. The van der Waals surface area contributed by atoms with E-state index in [0.717, 1.165) is 0 Å². The van der Waals surface area contributed by atoms with E-state index in [0.29, 0.717) is 0 Å². The molecule has 3 N–H and O–H groups in total. The first kappa shape index (κ1) is 8.32. The van der Waals surface area contributed by atoms with Crippen LogP contribution < -0.4 is 0 Å². The van der Waals surface area contributed by atoms with Crippen LogP contribution in [0.3, 0.4) is 0 Å². The summed E-state index contributed by atoms with van der Waals surface area (Å²) in [5, 5.41) is 25.0. The Morgan fingerprint density at radius 2 is 1.78 bits per heavy atom. The van der Waals surface area contributed by atoms with Crippen molar-refractivity contribution in [2.75, 3.05) is 13.2 Å². The van der Waals surface area contributed by atoms with Crippen molar-refractivity contribution in [1.29, 1.82) is 0 Å². The summed E-state index contributed by atoms with van der Waals surface area (Å²) in [5.74, 6) is 0. The van der Waals surface area contributed by atoms with E-state index in [9.17, 15) is 4.91 Å². The lowest BCUT2D eigenvalue weighted by Crippen LogP contribution is -2.43. The predicted octanol–water partition coefficient (Wildman–Crippen LogP) is -1.10. The van der Waals surface area contributed by atoms with Crippen LogP contribution in [-0.4, -0.2) is 39.1 Å². The molecule has 0 aliphatic heterocycles. The van der Waals surface area contributed by atoms with Crippen molar-refractivity contribution in [1.82, 2.24) is 0 Å². The SMILES string of the molecule is CC(CO)(CO)[N+](=O)O. The lowest BCUT2D eigenvalue weighted by atomic mass is 10.1. The molecule has 0 amide bonds. The maximum Gasteiger partial charge on any atom is 0.308 e. The Hall–Kier alpha value is -0.680. The van der Waals surface area contributed by atoms with Gasteiger partial charge in [0.2, 0.25) is 4.92 Å². The Morgan fingerprint density at radius 1 is 1.44 bits per heavy atom. The summed E-state index contributed by atoms with van der Waals surface area (Å²) < 4.78 is 0. The largest absolute Gasteiger partial charge is 0.389 e. The van der Waals surface area contributed by atoms with Gasteiger partial charge in [-0.3, -0.25) is 0 Å². The summed E-state index contributed by atoms with van der Waals surface area (Å²) in [6, 6.07) is 0. The maximum atomic E-state index is 10.1. The third-order valence-electron chi connectivity index (χ3n) is 1.14. The standard InChI is InChI=1S/C4H10NO4/c1-4(2-6,3-7)5(8)9/h6-7H,2-3H2,1H3,(H,8,9)/q+1. The van der Waals surface area contributed by atoms with Gasteiger partial charge in [-0.2, -0.15) is 0 Å². The van der Waals surface area contributed by atoms with E-state index in [1.165, 1.54) is 6.92 Å². The van der Waals surface area contributed by atoms with Gasteiger partial charge in [0.1, 0.15) is 13.2 Å². The molecule has 0 bridgehead atoms. The average Bonchev–Trinajstić information content (AvgIpc) is 1.86. The van der Waals surface area contributed by atoms with Gasteiger partial charge in [0.15, 0.2) is 0 Å². The van der Waals surface area contributed by atoms with E-state index in [1.54, 1.807) is 0 Å². The molecule has 0 aromatic heterocycles. The van der Waals surface area contributed by atoms with Crippen LogP contribution in [0.1, 0.15) is 6.92 Å². The minimum absolute atomic E-state index is 0.451. The highest BCUT2D eigenvalue weighted by molar-refractivity contribution is 4.67. The average molecular weight is 136 g/mol. The summed E-state index contributed by atoms with van der Waals surface area (Å²) in [4.78, 5) is 9.63. The zero-order chi connectivity index (χ0) is 7.49. The molecule has 5 nitrogen and oxygen atoms in total. The molecule has 0 atom stereocenters. The number of aliphatic hydroxyl groups is 2. The van der Waals surface area contributed by atoms with Gasteiger partial charge < -0.3 is 10.2 Å². The number of hydrogen-bond acceptors (Lipinski definition) is 3. The van der Waals surface area contributed by atoms with Crippen LogP contribution in [0.25, 0.3) is 0 Å². The van der Waals surface area contributed by atoms with Crippen molar-refractivity contribution in [3.05, 3.63) is 4.91 Å². The normalized spacial score (nSPS) is 11.4. The number of aliphatic hydroxyl groups excluding tert-OH is 2. The Balaban J connectivity index is 4.09. The third-order valence-corrected chi connectivity index (χ3v) is 1.14. The molecule has 0 unspecified atom stereocenters. The fraction of sp³-hybridized carbons (Fsp3) is 1.00. The minimum Gasteiger partial charge on any atom is -0.389 e. The van der Waals surface area contributed by atoms with Gasteiger partial charge in [-0.15, -0.1) is 0 Å². The van der Waals surface area contributed by atoms with Crippen molar-refractivity contribution in [2.24, 2.45) is 0 Å². The fourth-order valence-electron chi connectivity index (χ4n) is 0.171. The Kier molecular flexibility index (Phi) is 2.54. The lowest BCUT2D eigenvalue weighted by Gasteiger charge is -2.07. The zero-order valence-electron chi connectivity index (χ0n) is 5.11. The van der Waals surface area contributed by atoms with E-state index in [4.69, 9.17) is 15.4 Å². The van der Waals surface area contributed by atoms with E-state index >= 15 is 0 Å². The molecule has 0 radical (unpaired) electrons. The lowest BCUT2D eigenvalue weighted by molar-refractivity contribution is -0.842. The molecule has 0 saturated carbocycles. The minimum atomic E-state index is -1.47. The molecule has 9 heavy (non-hydrogen) atoms. The van der Waals surface area contributed by atoms with Crippen LogP contribution in [-0.2, 0) is 0 Å². The van der Waals surface area contributed by atoms with Crippen LogP contribution >= 0.6 is 0 Å². The quantitative estimate of drug-likeness (QED) is 0.430. The monoisotopic (exact) mass is 136 g/mol. The highest BCUT2D eigenvalue weighted by Crippen LogP contribution is 2.03. The van der Waals surface area contributed by atoms with Crippen LogP contribution in [0, 0.1) is 4.91 Å². The summed E-state index contributed by atoms with van der Waals surface area (Å²) in [6.45, 7) is 0.0764. The first-order valence-corrected chi connectivity index (χ1v) is 2.45. The van der Waals surface area contributed by atoms with Crippen LogP contribution in [0.4, 0.5) is 0 Å². The van der Waals surface area contributed by atoms with E-state index in [2.05, 4.69) is 0 Å². The molecule has 0 aliphatic carbocycles. The molecule has 0 aromatic rings. The van der Waals surface area contributed by atoms with E-state index in [-0.39, 0.29) is 0 Å². The van der Waals surface area contributed by atoms with Crippen LogP contribution in [0.5, 0.6) is 0 Å². The van der Waals surface area contributed by atoms with Crippen molar-refractivity contribution in [3.8, 4) is 0 Å². The maximum absolute atomic E-state index is 10.1. The molecule has 0 saturated heterocycles. The van der Waals surface area contributed by atoms with Gasteiger partial charge in [-0.1, -0.05) is 0 Å². The molecule has 54 valence electrons.